The maximum atomic E-state index is 12.2. The summed E-state index contributed by atoms with van der Waals surface area (Å²) in [6, 6.07) is 10.4. The smallest absolute Gasteiger partial charge is 0.328 e. The Labute approximate surface area is 181 Å². The van der Waals surface area contributed by atoms with E-state index in [1.54, 1.807) is 12.4 Å². The van der Waals surface area contributed by atoms with Crippen molar-refractivity contribution in [2.75, 3.05) is 6.61 Å². The summed E-state index contributed by atoms with van der Waals surface area (Å²) < 4.78 is 7.62. The molecule has 2 aromatic heterocycles. The molecule has 1 amide bonds. The number of hydrogen-bond acceptors (Lipinski definition) is 5. The number of aliphatic carboxylic acids is 1. The van der Waals surface area contributed by atoms with Gasteiger partial charge >= 0.3 is 5.97 Å². The van der Waals surface area contributed by atoms with Gasteiger partial charge in [-0.2, -0.15) is 0 Å². The number of unbranched alkanes of at least 4 members (excludes halogenated alkanes) is 2. The van der Waals surface area contributed by atoms with Crippen molar-refractivity contribution in [1.29, 1.82) is 0 Å². The van der Waals surface area contributed by atoms with Gasteiger partial charge in [-0.25, -0.2) is 9.78 Å². The van der Waals surface area contributed by atoms with Crippen LogP contribution in [0, 0.1) is 6.92 Å². The molecule has 0 aliphatic carbocycles. The molecular weight excluding hydrogens is 396 g/mol. The number of hydrogen-bond donors (Lipinski definition) is 2. The van der Waals surface area contributed by atoms with Crippen LogP contribution in [-0.4, -0.2) is 44.2 Å². The molecule has 2 N–H and O–H groups in total. The van der Waals surface area contributed by atoms with E-state index in [9.17, 15) is 14.7 Å². The molecule has 1 atom stereocenters. The summed E-state index contributed by atoms with van der Waals surface area (Å²) in [6.07, 6.45) is 6.26. The molecule has 0 spiro atoms. The van der Waals surface area contributed by atoms with Gasteiger partial charge in [-0.15, -0.1) is 0 Å². The Hall–Kier alpha value is -3.26. The van der Waals surface area contributed by atoms with Gasteiger partial charge in [-0.1, -0.05) is 36.8 Å². The predicted octanol–water partition coefficient (Wildman–Crippen LogP) is 3.09. The van der Waals surface area contributed by atoms with Gasteiger partial charge in [-0.3, -0.25) is 9.78 Å². The second-order valence-corrected chi connectivity index (χ2v) is 7.44. The average Bonchev–Trinajstić information content (AvgIpc) is 3.08. The van der Waals surface area contributed by atoms with Crippen LogP contribution in [0.5, 0.6) is 0 Å². The maximum Gasteiger partial charge on any atom is 0.328 e. The number of ether oxygens (including phenoxy) is 1. The first-order chi connectivity index (χ1) is 15.0. The molecule has 0 aliphatic rings. The fourth-order valence-corrected chi connectivity index (χ4v) is 3.43. The number of pyridine rings is 1. The number of carbonyl (C=O) groups is 2. The summed E-state index contributed by atoms with van der Waals surface area (Å²) in [4.78, 5) is 32.2. The number of aromatic nitrogens is 3. The molecule has 3 aromatic rings. The number of carboxylic acids is 1. The molecule has 8 nitrogen and oxygen atoms in total. The molecule has 0 bridgehead atoms. The van der Waals surface area contributed by atoms with Crippen molar-refractivity contribution < 1.29 is 19.4 Å². The summed E-state index contributed by atoms with van der Waals surface area (Å²) in [6.45, 7) is 3.02. The number of benzene rings is 1. The first-order valence-corrected chi connectivity index (χ1v) is 10.5. The van der Waals surface area contributed by atoms with Gasteiger partial charge in [-0.05, 0) is 31.4 Å². The SMILES string of the molecule is Cc1nc2cnccc2n1CCCCCC(=O)N[C@@H](COCc1ccccc1)C(=O)O. The van der Waals surface area contributed by atoms with Crippen molar-refractivity contribution in [3.05, 3.63) is 60.2 Å². The third kappa shape index (κ3) is 6.62. The monoisotopic (exact) mass is 424 g/mol. The number of aryl methyl sites for hydroxylation is 2. The van der Waals surface area contributed by atoms with E-state index in [-0.39, 0.29) is 18.9 Å². The zero-order valence-corrected chi connectivity index (χ0v) is 17.7. The summed E-state index contributed by atoms with van der Waals surface area (Å²) in [7, 11) is 0. The Morgan fingerprint density at radius 1 is 1.16 bits per heavy atom. The van der Waals surface area contributed by atoms with Crippen LogP contribution in [0.3, 0.4) is 0 Å². The van der Waals surface area contributed by atoms with Crippen molar-refractivity contribution in [2.45, 2.75) is 51.8 Å². The van der Waals surface area contributed by atoms with Crippen LogP contribution in [0.1, 0.15) is 37.1 Å². The van der Waals surface area contributed by atoms with Gasteiger partial charge in [0, 0.05) is 19.2 Å². The zero-order chi connectivity index (χ0) is 22.1. The molecule has 2 heterocycles. The van der Waals surface area contributed by atoms with Crippen LogP contribution < -0.4 is 5.32 Å². The summed E-state index contributed by atoms with van der Waals surface area (Å²) in [5.41, 5.74) is 2.90. The number of nitrogens with zero attached hydrogens (tertiary/aromatic N) is 3. The molecule has 0 fully saturated rings. The largest absolute Gasteiger partial charge is 0.480 e. The van der Waals surface area contributed by atoms with E-state index < -0.39 is 12.0 Å². The van der Waals surface area contributed by atoms with E-state index in [0.29, 0.717) is 13.0 Å². The Balaban J connectivity index is 1.36. The highest BCUT2D eigenvalue weighted by Crippen LogP contribution is 2.15. The first-order valence-electron chi connectivity index (χ1n) is 10.5. The van der Waals surface area contributed by atoms with Crippen LogP contribution in [0.4, 0.5) is 0 Å². The van der Waals surface area contributed by atoms with Crippen molar-refractivity contribution in [3.8, 4) is 0 Å². The van der Waals surface area contributed by atoms with Gasteiger partial charge < -0.3 is 19.7 Å². The molecule has 0 aliphatic heterocycles. The first kappa shape index (κ1) is 22.4. The van der Waals surface area contributed by atoms with E-state index in [1.807, 2.05) is 43.3 Å². The lowest BCUT2D eigenvalue weighted by atomic mass is 10.1. The summed E-state index contributed by atoms with van der Waals surface area (Å²) in [5, 5.41) is 11.9. The standard InChI is InChI=1S/C23H28N4O4/c1-17-25-19-14-24-12-11-21(19)27(17)13-7-3-6-10-22(28)26-20(23(29)30)16-31-15-18-8-4-2-5-9-18/h2,4-5,8-9,11-12,14,20H,3,6-7,10,13,15-16H2,1H3,(H,26,28)(H,29,30)/t20-/m0/s1. The molecule has 31 heavy (non-hydrogen) atoms. The number of carbonyl (C=O) groups excluding carboxylic acids is 1. The average molecular weight is 425 g/mol. The van der Waals surface area contributed by atoms with Gasteiger partial charge in [0.25, 0.3) is 0 Å². The Morgan fingerprint density at radius 3 is 2.74 bits per heavy atom. The number of rotatable bonds is 12. The highest BCUT2D eigenvalue weighted by atomic mass is 16.5. The van der Waals surface area contributed by atoms with Gasteiger partial charge in [0.15, 0.2) is 6.04 Å². The van der Waals surface area contributed by atoms with Gasteiger partial charge in [0.05, 0.1) is 24.9 Å². The highest BCUT2D eigenvalue weighted by Gasteiger charge is 2.20. The van der Waals surface area contributed by atoms with E-state index >= 15 is 0 Å². The second-order valence-electron chi connectivity index (χ2n) is 7.44. The minimum atomic E-state index is -1.10. The molecular formula is C23H28N4O4. The van der Waals surface area contributed by atoms with Crippen LogP contribution in [0.15, 0.2) is 48.8 Å². The van der Waals surface area contributed by atoms with E-state index in [2.05, 4.69) is 19.9 Å². The number of carboxylic acid groups (broad SMARTS) is 1. The number of nitrogens with one attached hydrogen (secondary N) is 1. The van der Waals surface area contributed by atoms with E-state index in [1.165, 1.54) is 0 Å². The molecule has 0 radical (unpaired) electrons. The van der Waals surface area contributed by atoms with Crippen LogP contribution >= 0.6 is 0 Å². The van der Waals surface area contributed by atoms with E-state index in [0.717, 1.165) is 41.8 Å². The molecule has 0 saturated heterocycles. The van der Waals surface area contributed by atoms with Crippen LogP contribution in [0.25, 0.3) is 11.0 Å². The molecule has 8 heteroatoms. The summed E-state index contributed by atoms with van der Waals surface area (Å²) in [5.74, 6) is -0.426. The minimum absolute atomic E-state index is 0.0716. The van der Waals surface area contributed by atoms with E-state index in [4.69, 9.17) is 4.74 Å². The third-order valence-electron chi connectivity index (χ3n) is 5.06. The lowest BCUT2D eigenvalue weighted by molar-refractivity contribution is -0.143. The molecule has 164 valence electrons. The van der Waals surface area contributed by atoms with Gasteiger partial charge in [0.1, 0.15) is 11.3 Å². The molecule has 0 saturated carbocycles. The number of fused-ring (bicyclic) bond motifs is 1. The van der Waals surface area contributed by atoms with Crippen molar-refractivity contribution in [1.82, 2.24) is 19.9 Å². The quantitative estimate of drug-likeness (QED) is 0.433. The predicted molar refractivity (Wildman–Crippen MR) is 116 cm³/mol. The lowest BCUT2D eigenvalue weighted by Crippen LogP contribution is -2.43. The third-order valence-corrected chi connectivity index (χ3v) is 5.06. The van der Waals surface area contributed by atoms with Crippen molar-refractivity contribution in [3.63, 3.8) is 0 Å². The Kier molecular flexibility index (Phi) is 8.12. The molecule has 1 aromatic carbocycles. The van der Waals surface area contributed by atoms with Gasteiger partial charge in [0.2, 0.25) is 5.91 Å². The van der Waals surface area contributed by atoms with Crippen molar-refractivity contribution >= 4 is 22.9 Å². The van der Waals surface area contributed by atoms with Crippen molar-refractivity contribution in [2.24, 2.45) is 0 Å². The van der Waals surface area contributed by atoms with Crippen LogP contribution in [-0.2, 0) is 27.5 Å². The maximum absolute atomic E-state index is 12.2. The second kappa shape index (κ2) is 11.2. The number of imidazole rings is 1. The lowest BCUT2D eigenvalue weighted by Gasteiger charge is -2.15. The Morgan fingerprint density at radius 2 is 1.97 bits per heavy atom. The fourth-order valence-electron chi connectivity index (χ4n) is 3.43. The number of amides is 1. The highest BCUT2D eigenvalue weighted by molar-refractivity contribution is 5.83. The Bertz CT molecular complexity index is 1000. The molecule has 0 unspecified atom stereocenters. The summed E-state index contributed by atoms with van der Waals surface area (Å²) >= 11 is 0. The zero-order valence-electron chi connectivity index (χ0n) is 17.7. The minimum Gasteiger partial charge on any atom is -0.480 e. The molecule has 3 rings (SSSR count). The fraction of sp³-hybridized carbons (Fsp3) is 0.391. The normalized spacial score (nSPS) is 12.0. The topological polar surface area (TPSA) is 106 Å². The van der Waals surface area contributed by atoms with Crippen LogP contribution in [0.2, 0.25) is 0 Å².